The van der Waals surface area contributed by atoms with E-state index in [0.717, 1.165) is 35.9 Å². The second-order valence-electron chi connectivity index (χ2n) is 6.29. The predicted molar refractivity (Wildman–Crippen MR) is 102 cm³/mol. The fourth-order valence-electron chi connectivity index (χ4n) is 2.70. The molecule has 9 heteroatoms. The van der Waals surface area contributed by atoms with Crippen molar-refractivity contribution in [2.24, 2.45) is 0 Å². The third-order valence-corrected chi connectivity index (χ3v) is 6.82. The summed E-state index contributed by atoms with van der Waals surface area (Å²) in [5.74, 6) is 0.616. The van der Waals surface area contributed by atoms with E-state index in [4.69, 9.17) is 0 Å². The molecular weight excluding hydrogens is 372 g/mol. The predicted octanol–water partition coefficient (Wildman–Crippen LogP) is 1.76. The number of hydrogen-bond acceptors (Lipinski definition) is 7. The molecule has 26 heavy (non-hydrogen) atoms. The second-order valence-corrected chi connectivity index (χ2v) is 9.54. The van der Waals surface area contributed by atoms with E-state index in [0.29, 0.717) is 5.56 Å². The molecule has 0 atom stereocenters. The van der Waals surface area contributed by atoms with Crippen LogP contribution in [0.4, 0.5) is 5.82 Å². The smallest absolute Gasteiger partial charge is 0.255 e. The molecule has 0 saturated carbocycles. The first-order valence-corrected chi connectivity index (χ1v) is 11.2. The number of pyridine rings is 1. The van der Waals surface area contributed by atoms with Crippen LogP contribution in [0.2, 0.25) is 0 Å². The van der Waals surface area contributed by atoms with Gasteiger partial charge in [-0.3, -0.25) is 4.79 Å². The summed E-state index contributed by atoms with van der Waals surface area (Å²) in [5.41, 5.74) is 1.54. The van der Waals surface area contributed by atoms with E-state index in [1.54, 1.807) is 28.4 Å². The third kappa shape index (κ3) is 5.01. The first-order valence-electron chi connectivity index (χ1n) is 8.53. The van der Waals surface area contributed by atoms with E-state index in [2.05, 4.69) is 20.7 Å². The summed E-state index contributed by atoms with van der Waals surface area (Å²) in [6.07, 6.45) is 3.43. The highest BCUT2D eigenvalue weighted by atomic mass is 32.2. The largest absolute Gasteiger partial charge is 0.370 e. The van der Waals surface area contributed by atoms with Crippen molar-refractivity contribution in [1.82, 2.24) is 14.9 Å². The molecule has 1 aliphatic rings. The van der Waals surface area contributed by atoms with Gasteiger partial charge in [0.2, 0.25) is 0 Å². The van der Waals surface area contributed by atoms with Gasteiger partial charge in [-0.25, -0.2) is 18.4 Å². The summed E-state index contributed by atoms with van der Waals surface area (Å²) in [4.78, 5) is 22.7. The lowest BCUT2D eigenvalue weighted by atomic mass is 10.2. The van der Waals surface area contributed by atoms with Crippen LogP contribution in [0.25, 0.3) is 0 Å². The summed E-state index contributed by atoms with van der Waals surface area (Å²) in [5, 5.41) is 6.43. The molecule has 1 aliphatic heterocycles. The number of hydrogen-bond donors (Lipinski definition) is 1. The maximum Gasteiger partial charge on any atom is 0.255 e. The number of carbonyl (C=O) groups excluding carboxylic acids is 1. The SMILES string of the molecule is Cc1csc(CCCNc2ccc(C(=O)N3CCS(=O)(=O)CC3)cn2)n1. The van der Waals surface area contributed by atoms with Crippen LogP contribution in [0.3, 0.4) is 0 Å². The Balaban J connectivity index is 1.46. The van der Waals surface area contributed by atoms with Crippen molar-refractivity contribution in [2.75, 3.05) is 36.5 Å². The zero-order chi connectivity index (χ0) is 18.6. The van der Waals surface area contributed by atoms with Crippen molar-refractivity contribution >= 4 is 32.9 Å². The fourth-order valence-corrected chi connectivity index (χ4v) is 4.72. The van der Waals surface area contributed by atoms with Crippen LogP contribution in [0.5, 0.6) is 0 Å². The summed E-state index contributed by atoms with van der Waals surface area (Å²) < 4.78 is 22.9. The highest BCUT2D eigenvalue weighted by molar-refractivity contribution is 7.91. The molecule has 0 radical (unpaired) electrons. The molecule has 1 fully saturated rings. The molecule has 140 valence electrons. The molecule has 3 rings (SSSR count). The maximum atomic E-state index is 12.4. The van der Waals surface area contributed by atoms with Gasteiger partial charge in [-0.1, -0.05) is 0 Å². The Labute approximate surface area is 157 Å². The van der Waals surface area contributed by atoms with Crippen molar-refractivity contribution in [3.05, 3.63) is 40.0 Å². The van der Waals surface area contributed by atoms with Gasteiger partial charge in [0.15, 0.2) is 9.84 Å². The molecular formula is C17H22N4O3S2. The Morgan fingerprint density at radius 1 is 1.31 bits per heavy atom. The summed E-state index contributed by atoms with van der Waals surface area (Å²) in [7, 11) is -2.99. The lowest BCUT2D eigenvalue weighted by Gasteiger charge is -2.26. The van der Waals surface area contributed by atoms with E-state index in [1.807, 2.05) is 6.92 Å². The van der Waals surface area contributed by atoms with Crippen molar-refractivity contribution in [3.8, 4) is 0 Å². The molecule has 0 spiro atoms. The average Bonchev–Trinajstić information content (AvgIpc) is 3.04. The molecule has 0 bridgehead atoms. The van der Waals surface area contributed by atoms with Crippen LogP contribution in [-0.2, 0) is 16.3 Å². The Morgan fingerprint density at radius 3 is 2.69 bits per heavy atom. The maximum absolute atomic E-state index is 12.4. The Kier molecular flexibility index (Phi) is 5.87. The number of nitrogens with zero attached hydrogens (tertiary/aromatic N) is 3. The molecule has 1 amide bonds. The topological polar surface area (TPSA) is 92.3 Å². The number of rotatable bonds is 6. The number of amides is 1. The van der Waals surface area contributed by atoms with Crippen molar-refractivity contribution in [3.63, 3.8) is 0 Å². The Bertz CT molecular complexity index is 848. The van der Waals surface area contributed by atoms with Crippen molar-refractivity contribution in [2.45, 2.75) is 19.8 Å². The zero-order valence-corrected chi connectivity index (χ0v) is 16.3. The van der Waals surface area contributed by atoms with Crippen LogP contribution in [0, 0.1) is 6.92 Å². The lowest BCUT2D eigenvalue weighted by molar-refractivity contribution is 0.0770. The van der Waals surface area contributed by atoms with E-state index >= 15 is 0 Å². The molecule has 1 saturated heterocycles. The van der Waals surface area contributed by atoms with E-state index in [-0.39, 0.29) is 30.5 Å². The molecule has 1 N–H and O–H groups in total. The molecule has 2 aromatic rings. The van der Waals surface area contributed by atoms with Gasteiger partial charge in [-0.2, -0.15) is 0 Å². The number of thiazole rings is 1. The van der Waals surface area contributed by atoms with Gasteiger partial charge in [0.25, 0.3) is 5.91 Å². The molecule has 0 unspecified atom stereocenters. The Morgan fingerprint density at radius 2 is 2.08 bits per heavy atom. The number of nitrogens with one attached hydrogen (secondary N) is 1. The van der Waals surface area contributed by atoms with Crippen molar-refractivity contribution in [1.29, 1.82) is 0 Å². The number of sulfone groups is 1. The van der Waals surface area contributed by atoms with Crippen LogP contribution in [0.15, 0.2) is 23.7 Å². The lowest BCUT2D eigenvalue weighted by Crippen LogP contribution is -2.43. The third-order valence-electron chi connectivity index (χ3n) is 4.18. The minimum absolute atomic E-state index is 0.0322. The van der Waals surface area contributed by atoms with Gasteiger partial charge in [0, 0.05) is 43.3 Å². The molecule has 2 aromatic heterocycles. The van der Waals surface area contributed by atoms with Gasteiger partial charge in [0.05, 0.1) is 22.1 Å². The van der Waals surface area contributed by atoms with Gasteiger partial charge < -0.3 is 10.2 Å². The van der Waals surface area contributed by atoms with Crippen LogP contribution in [-0.4, -0.2) is 60.3 Å². The van der Waals surface area contributed by atoms with Gasteiger partial charge >= 0.3 is 0 Å². The molecule has 0 aromatic carbocycles. The zero-order valence-electron chi connectivity index (χ0n) is 14.6. The number of anilines is 1. The number of carbonyl (C=O) groups is 1. The molecule has 3 heterocycles. The minimum atomic E-state index is -2.99. The Hall–Kier alpha value is -2.00. The minimum Gasteiger partial charge on any atom is -0.370 e. The standard InChI is InChI=1S/C17H22N4O3S2/c1-13-12-25-16(20-13)3-2-6-18-15-5-4-14(11-19-15)17(22)21-7-9-26(23,24)10-8-21/h4-5,11-12H,2-3,6-10H2,1H3,(H,18,19). The van der Waals surface area contributed by atoms with Gasteiger partial charge in [0.1, 0.15) is 5.82 Å². The quantitative estimate of drug-likeness (QED) is 0.751. The van der Waals surface area contributed by atoms with E-state index in [1.165, 1.54) is 6.20 Å². The van der Waals surface area contributed by atoms with E-state index < -0.39 is 9.84 Å². The fraction of sp³-hybridized carbons (Fsp3) is 0.471. The van der Waals surface area contributed by atoms with Crippen molar-refractivity contribution < 1.29 is 13.2 Å². The molecule has 7 nitrogen and oxygen atoms in total. The first kappa shape index (κ1) is 18.8. The monoisotopic (exact) mass is 394 g/mol. The molecule has 0 aliphatic carbocycles. The number of aryl methyl sites for hydroxylation is 2. The second kappa shape index (κ2) is 8.13. The van der Waals surface area contributed by atoms with Crippen LogP contribution >= 0.6 is 11.3 Å². The van der Waals surface area contributed by atoms with Gasteiger partial charge in [-0.15, -0.1) is 11.3 Å². The summed E-state index contributed by atoms with van der Waals surface area (Å²) >= 11 is 1.68. The van der Waals surface area contributed by atoms with Crippen LogP contribution < -0.4 is 5.32 Å². The highest BCUT2D eigenvalue weighted by Gasteiger charge is 2.25. The average molecular weight is 395 g/mol. The summed E-state index contributed by atoms with van der Waals surface area (Å²) in [6, 6.07) is 3.51. The number of aromatic nitrogens is 2. The van der Waals surface area contributed by atoms with Crippen LogP contribution in [0.1, 0.15) is 27.5 Å². The van der Waals surface area contributed by atoms with Gasteiger partial charge in [-0.05, 0) is 25.5 Å². The summed E-state index contributed by atoms with van der Waals surface area (Å²) in [6.45, 7) is 3.27. The van der Waals surface area contributed by atoms with E-state index in [9.17, 15) is 13.2 Å². The normalized spacial score (nSPS) is 16.4. The highest BCUT2D eigenvalue weighted by Crippen LogP contribution is 2.13. The first-order chi connectivity index (χ1) is 12.4.